The molecule has 0 radical (unpaired) electrons. The van der Waals surface area contributed by atoms with Crippen molar-refractivity contribution >= 4 is 17.5 Å². The lowest BCUT2D eigenvalue weighted by Gasteiger charge is -2.39. The van der Waals surface area contributed by atoms with Crippen molar-refractivity contribution in [2.45, 2.75) is 39.3 Å². The van der Waals surface area contributed by atoms with Gasteiger partial charge in [0.05, 0.1) is 5.02 Å². The predicted octanol–water partition coefficient (Wildman–Crippen LogP) is 2.36. The molecule has 0 aliphatic carbocycles. The van der Waals surface area contributed by atoms with E-state index in [1.165, 1.54) is 0 Å². The van der Waals surface area contributed by atoms with Crippen molar-refractivity contribution in [2.24, 2.45) is 11.7 Å². The Bertz CT molecular complexity index is 458. The van der Waals surface area contributed by atoms with Crippen molar-refractivity contribution in [3.05, 3.63) is 23.0 Å². The number of hydrogen-bond acceptors (Lipinski definition) is 2. The smallest absolute Gasteiger partial charge is 0.270 e. The number of nitrogens with two attached hydrogens (primary N) is 1. The average molecular weight is 284 g/mol. The standard InChI is InChI=1S/C14H22ClN3O/c1-3-17-9-11(15)7-12(17)14(19)18-6-4-5-10(2)13(18)8-16/h7,9-10,13H,3-6,8,16H2,1-2H3. The normalized spacial score (nSPS) is 23.7. The summed E-state index contributed by atoms with van der Waals surface area (Å²) in [5.41, 5.74) is 6.52. The Morgan fingerprint density at radius 1 is 1.58 bits per heavy atom. The summed E-state index contributed by atoms with van der Waals surface area (Å²) in [5, 5.41) is 0.611. The number of aryl methyl sites for hydroxylation is 1. The Labute approximate surface area is 119 Å². The van der Waals surface area contributed by atoms with Crippen molar-refractivity contribution in [3.8, 4) is 0 Å². The molecule has 0 saturated carbocycles. The van der Waals surface area contributed by atoms with E-state index < -0.39 is 0 Å². The van der Waals surface area contributed by atoms with Crippen molar-refractivity contribution in [2.75, 3.05) is 13.1 Å². The van der Waals surface area contributed by atoms with E-state index in [1.807, 2.05) is 16.4 Å². The molecule has 0 aromatic carbocycles. The van der Waals surface area contributed by atoms with Gasteiger partial charge in [0.25, 0.3) is 5.91 Å². The second kappa shape index (κ2) is 5.97. The van der Waals surface area contributed by atoms with Crippen LogP contribution in [0.5, 0.6) is 0 Å². The molecule has 1 fully saturated rings. The largest absolute Gasteiger partial charge is 0.342 e. The highest BCUT2D eigenvalue weighted by Crippen LogP contribution is 2.25. The van der Waals surface area contributed by atoms with Crippen LogP contribution in [0.2, 0.25) is 5.02 Å². The number of nitrogens with zero attached hydrogens (tertiary/aromatic N) is 2. The maximum absolute atomic E-state index is 12.7. The quantitative estimate of drug-likeness (QED) is 0.926. The summed E-state index contributed by atoms with van der Waals surface area (Å²) in [5.74, 6) is 0.513. The van der Waals surface area contributed by atoms with Crippen LogP contribution in [0.15, 0.2) is 12.3 Å². The number of halogens is 1. The molecule has 1 aliphatic rings. The van der Waals surface area contributed by atoms with Gasteiger partial charge in [0, 0.05) is 31.9 Å². The van der Waals surface area contributed by atoms with Crippen LogP contribution in [0.1, 0.15) is 37.2 Å². The fraction of sp³-hybridized carbons (Fsp3) is 0.643. The molecule has 2 unspecified atom stereocenters. The molecule has 1 saturated heterocycles. The van der Waals surface area contributed by atoms with Crippen LogP contribution in [0.3, 0.4) is 0 Å². The first-order valence-electron chi connectivity index (χ1n) is 6.95. The molecule has 4 nitrogen and oxygen atoms in total. The molecular formula is C14H22ClN3O. The van der Waals surface area contributed by atoms with Crippen LogP contribution in [0, 0.1) is 5.92 Å². The molecule has 0 bridgehead atoms. The highest BCUT2D eigenvalue weighted by molar-refractivity contribution is 6.31. The van der Waals surface area contributed by atoms with E-state index in [0.29, 0.717) is 23.2 Å². The maximum Gasteiger partial charge on any atom is 0.270 e. The maximum atomic E-state index is 12.7. The van der Waals surface area contributed by atoms with E-state index in [-0.39, 0.29) is 11.9 Å². The summed E-state index contributed by atoms with van der Waals surface area (Å²) >= 11 is 6.01. The molecule has 2 heterocycles. The van der Waals surface area contributed by atoms with Crippen molar-refractivity contribution in [3.63, 3.8) is 0 Å². The molecular weight excluding hydrogens is 262 g/mol. The molecule has 2 N–H and O–H groups in total. The number of rotatable bonds is 3. The zero-order valence-electron chi connectivity index (χ0n) is 11.6. The van der Waals surface area contributed by atoms with E-state index in [9.17, 15) is 4.79 Å². The molecule has 2 rings (SSSR count). The minimum Gasteiger partial charge on any atom is -0.342 e. The monoisotopic (exact) mass is 283 g/mol. The summed E-state index contributed by atoms with van der Waals surface area (Å²) in [6, 6.07) is 1.89. The van der Waals surface area contributed by atoms with E-state index in [4.69, 9.17) is 17.3 Å². The first-order chi connectivity index (χ1) is 9.08. The second-order valence-corrected chi connectivity index (χ2v) is 5.69. The van der Waals surface area contributed by atoms with Crippen molar-refractivity contribution < 1.29 is 4.79 Å². The SMILES string of the molecule is CCn1cc(Cl)cc1C(=O)N1CCCC(C)C1CN. The number of amides is 1. The van der Waals surface area contributed by atoms with Crippen LogP contribution in [-0.4, -0.2) is 34.5 Å². The van der Waals surface area contributed by atoms with Gasteiger partial charge in [-0.15, -0.1) is 0 Å². The number of carbonyl (C=O) groups excluding carboxylic acids is 1. The zero-order chi connectivity index (χ0) is 14.0. The lowest BCUT2D eigenvalue weighted by atomic mass is 9.90. The summed E-state index contributed by atoms with van der Waals surface area (Å²) < 4.78 is 1.90. The zero-order valence-corrected chi connectivity index (χ0v) is 12.4. The van der Waals surface area contributed by atoms with Gasteiger partial charge in [-0.1, -0.05) is 18.5 Å². The number of hydrogen-bond donors (Lipinski definition) is 1. The van der Waals surface area contributed by atoms with Gasteiger partial charge >= 0.3 is 0 Å². The first-order valence-corrected chi connectivity index (χ1v) is 7.33. The summed E-state index contributed by atoms with van der Waals surface area (Å²) in [7, 11) is 0. The lowest BCUT2D eigenvalue weighted by Crippen LogP contribution is -2.51. The summed E-state index contributed by atoms with van der Waals surface area (Å²) in [4.78, 5) is 14.6. The minimum atomic E-state index is 0.0516. The molecule has 1 aliphatic heterocycles. The van der Waals surface area contributed by atoms with Crippen molar-refractivity contribution in [1.29, 1.82) is 0 Å². The fourth-order valence-electron chi connectivity index (χ4n) is 2.92. The lowest BCUT2D eigenvalue weighted by molar-refractivity contribution is 0.0522. The molecule has 1 amide bonds. The van der Waals surface area contributed by atoms with Gasteiger partial charge in [-0.2, -0.15) is 0 Å². The Hall–Kier alpha value is -1.00. The third-order valence-corrected chi connectivity index (χ3v) is 4.25. The topological polar surface area (TPSA) is 51.3 Å². The predicted molar refractivity (Wildman–Crippen MR) is 77.4 cm³/mol. The Balaban J connectivity index is 2.26. The molecule has 1 aromatic rings. The number of aromatic nitrogens is 1. The Kier molecular flexibility index (Phi) is 4.53. The van der Waals surface area contributed by atoms with E-state index in [0.717, 1.165) is 25.9 Å². The van der Waals surface area contributed by atoms with Gasteiger partial charge in [-0.25, -0.2) is 0 Å². The fourth-order valence-corrected chi connectivity index (χ4v) is 3.14. The van der Waals surface area contributed by atoms with Gasteiger partial charge in [-0.3, -0.25) is 4.79 Å². The minimum absolute atomic E-state index is 0.0516. The van der Waals surface area contributed by atoms with E-state index in [1.54, 1.807) is 12.3 Å². The summed E-state index contributed by atoms with van der Waals surface area (Å²) in [6.45, 7) is 6.23. The third kappa shape index (κ3) is 2.79. The molecule has 5 heteroatoms. The van der Waals surface area contributed by atoms with Crippen LogP contribution in [0.4, 0.5) is 0 Å². The van der Waals surface area contributed by atoms with Crippen molar-refractivity contribution in [1.82, 2.24) is 9.47 Å². The molecule has 0 spiro atoms. The number of carbonyl (C=O) groups is 1. The van der Waals surface area contributed by atoms with Gasteiger partial charge in [0.1, 0.15) is 5.69 Å². The van der Waals surface area contributed by atoms with Crippen LogP contribution in [-0.2, 0) is 6.54 Å². The average Bonchev–Trinajstić information content (AvgIpc) is 2.78. The Morgan fingerprint density at radius 3 is 2.95 bits per heavy atom. The van der Waals surface area contributed by atoms with E-state index in [2.05, 4.69) is 6.92 Å². The first kappa shape index (κ1) is 14.4. The van der Waals surface area contributed by atoms with Crippen LogP contribution >= 0.6 is 11.6 Å². The van der Waals surface area contributed by atoms with Gasteiger partial charge < -0.3 is 15.2 Å². The highest BCUT2D eigenvalue weighted by Gasteiger charge is 2.32. The summed E-state index contributed by atoms with van der Waals surface area (Å²) in [6.07, 6.45) is 3.99. The van der Waals surface area contributed by atoms with Crippen LogP contribution in [0.25, 0.3) is 0 Å². The highest BCUT2D eigenvalue weighted by atomic mass is 35.5. The molecule has 106 valence electrons. The van der Waals surface area contributed by atoms with Crippen LogP contribution < -0.4 is 5.73 Å². The molecule has 19 heavy (non-hydrogen) atoms. The van der Waals surface area contributed by atoms with Gasteiger partial charge in [-0.05, 0) is 31.7 Å². The second-order valence-electron chi connectivity index (χ2n) is 5.25. The number of piperidine rings is 1. The van der Waals surface area contributed by atoms with Gasteiger partial charge in [0.2, 0.25) is 0 Å². The van der Waals surface area contributed by atoms with E-state index >= 15 is 0 Å². The Morgan fingerprint density at radius 2 is 2.32 bits per heavy atom. The number of likely N-dealkylation sites (tertiary alicyclic amines) is 1. The molecule has 1 aromatic heterocycles. The van der Waals surface area contributed by atoms with Gasteiger partial charge in [0.15, 0.2) is 0 Å². The molecule has 2 atom stereocenters. The third-order valence-electron chi connectivity index (χ3n) is 4.04.